The summed E-state index contributed by atoms with van der Waals surface area (Å²) in [7, 11) is -4.02. The number of hydrogen-bond donors (Lipinski definition) is 1. The van der Waals surface area contributed by atoms with Crippen molar-refractivity contribution < 1.29 is 23.5 Å². The van der Waals surface area contributed by atoms with Gasteiger partial charge in [-0.25, -0.2) is 9.45 Å². The Bertz CT molecular complexity index is 167. The first-order chi connectivity index (χ1) is 5.33. The molecule has 0 radical (unpaired) electrons. The van der Waals surface area contributed by atoms with E-state index in [1.165, 1.54) is 0 Å². The van der Waals surface area contributed by atoms with Gasteiger partial charge in [0.15, 0.2) is 0 Å². The lowest BCUT2D eigenvalue weighted by molar-refractivity contribution is -0.251. The van der Waals surface area contributed by atoms with E-state index < -0.39 is 7.82 Å². The van der Waals surface area contributed by atoms with E-state index >= 15 is 0 Å². The van der Waals surface area contributed by atoms with Crippen molar-refractivity contribution in [2.75, 3.05) is 0 Å². The van der Waals surface area contributed by atoms with Gasteiger partial charge in [0.1, 0.15) is 0 Å². The molecule has 0 aliphatic heterocycles. The van der Waals surface area contributed by atoms with Gasteiger partial charge in [-0.05, 0) is 27.7 Å². The largest absolute Gasteiger partial charge is 0.499 e. The lowest BCUT2D eigenvalue weighted by atomic mass is 10.5. The molecule has 6 heteroatoms. The molecule has 0 heterocycles. The van der Waals surface area contributed by atoms with Crippen LogP contribution in [-0.2, 0) is 18.7 Å². The van der Waals surface area contributed by atoms with E-state index in [2.05, 4.69) is 14.1 Å². The Morgan fingerprint density at radius 2 is 1.67 bits per heavy atom. The van der Waals surface area contributed by atoms with E-state index in [0.717, 1.165) is 0 Å². The molecule has 0 aliphatic rings. The van der Waals surface area contributed by atoms with Crippen LogP contribution < -0.4 is 0 Å². The molecule has 0 aromatic carbocycles. The molecule has 5 nitrogen and oxygen atoms in total. The summed E-state index contributed by atoms with van der Waals surface area (Å²) < 4.78 is 19.7. The van der Waals surface area contributed by atoms with Crippen molar-refractivity contribution in [3.05, 3.63) is 0 Å². The Labute approximate surface area is 72.2 Å². The molecule has 74 valence electrons. The number of rotatable bonds is 5. The summed E-state index contributed by atoms with van der Waals surface area (Å²) in [4.78, 5) is 13.4. The van der Waals surface area contributed by atoms with Gasteiger partial charge >= 0.3 is 7.82 Å². The van der Waals surface area contributed by atoms with E-state index in [4.69, 9.17) is 4.89 Å². The molecule has 12 heavy (non-hydrogen) atoms. The summed E-state index contributed by atoms with van der Waals surface area (Å²) in [5.41, 5.74) is 0. The van der Waals surface area contributed by atoms with Crippen molar-refractivity contribution in [1.82, 2.24) is 0 Å². The van der Waals surface area contributed by atoms with Gasteiger partial charge in [0.2, 0.25) is 0 Å². The van der Waals surface area contributed by atoms with Gasteiger partial charge in [-0.3, -0.25) is 4.52 Å². The molecule has 0 aliphatic carbocycles. The van der Waals surface area contributed by atoms with Crippen molar-refractivity contribution >= 4 is 7.82 Å². The molecule has 0 saturated heterocycles. The van der Waals surface area contributed by atoms with Crippen LogP contribution in [0.25, 0.3) is 0 Å². The third-order valence-electron chi connectivity index (χ3n) is 0.674. The Balaban J connectivity index is 3.80. The van der Waals surface area contributed by atoms with Crippen molar-refractivity contribution in [3.63, 3.8) is 0 Å². The molecule has 0 bridgehead atoms. The van der Waals surface area contributed by atoms with Crippen LogP contribution in [0, 0.1) is 0 Å². The highest BCUT2D eigenvalue weighted by molar-refractivity contribution is 7.47. The fraction of sp³-hybridized carbons (Fsp3) is 1.00. The van der Waals surface area contributed by atoms with Crippen LogP contribution in [0.2, 0.25) is 0 Å². The molecule has 0 saturated carbocycles. The summed E-state index contributed by atoms with van der Waals surface area (Å²) in [6.07, 6.45) is -0.655. The predicted molar refractivity (Wildman–Crippen MR) is 43.4 cm³/mol. The quantitative estimate of drug-likeness (QED) is 0.415. The van der Waals surface area contributed by atoms with E-state index in [0.29, 0.717) is 0 Å². The highest BCUT2D eigenvalue weighted by Gasteiger charge is 2.24. The van der Waals surface area contributed by atoms with Gasteiger partial charge in [-0.1, -0.05) is 0 Å². The van der Waals surface area contributed by atoms with Crippen molar-refractivity contribution in [3.8, 4) is 0 Å². The third kappa shape index (κ3) is 6.76. The lowest BCUT2D eigenvalue weighted by Gasteiger charge is -2.14. The molecular weight excluding hydrogens is 183 g/mol. The number of phosphoric acid groups is 1. The molecule has 1 unspecified atom stereocenters. The van der Waals surface area contributed by atoms with Gasteiger partial charge in [0, 0.05) is 0 Å². The summed E-state index contributed by atoms with van der Waals surface area (Å²) in [6, 6.07) is 0. The smallest absolute Gasteiger partial charge is 0.301 e. The molecule has 0 aromatic heterocycles. The van der Waals surface area contributed by atoms with Gasteiger partial charge in [0.05, 0.1) is 12.2 Å². The van der Waals surface area contributed by atoms with E-state index in [-0.39, 0.29) is 12.2 Å². The molecule has 0 rings (SSSR count). The summed E-state index contributed by atoms with van der Waals surface area (Å²) in [5, 5.41) is 0. The van der Waals surface area contributed by atoms with E-state index in [9.17, 15) is 4.57 Å². The van der Waals surface area contributed by atoms with E-state index in [1.807, 2.05) is 0 Å². The maximum atomic E-state index is 10.9. The van der Waals surface area contributed by atoms with Gasteiger partial charge < -0.3 is 4.89 Å². The fourth-order valence-corrected chi connectivity index (χ4v) is 1.27. The SMILES string of the molecule is CC(C)OOP(=O)(O)OC(C)C. The Morgan fingerprint density at radius 1 is 1.17 bits per heavy atom. The van der Waals surface area contributed by atoms with Crippen LogP contribution in [0.4, 0.5) is 0 Å². The Kier molecular flexibility index (Phi) is 4.97. The molecule has 0 spiro atoms. The maximum Gasteiger partial charge on any atom is 0.499 e. The fourth-order valence-electron chi connectivity index (χ4n) is 0.424. The van der Waals surface area contributed by atoms with Crippen LogP contribution in [0.3, 0.4) is 0 Å². The normalized spacial score (nSPS) is 16.9. The minimum Gasteiger partial charge on any atom is -0.301 e. The standard InChI is InChI=1S/C6H15O5P/c1-5(2)9-11-12(7,8)10-6(3)4/h5-6H,1-4H3,(H,7,8). The second-order valence-electron chi connectivity index (χ2n) is 2.84. The monoisotopic (exact) mass is 198 g/mol. The minimum atomic E-state index is -4.02. The zero-order valence-electron chi connectivity index (χ0n) is 7.68. The molecule has 0 amide bonds. The summed E-state index contributed by atoms with van der Waals surface area (Å²) in [5.74, 6) is 0. The van der Waals surface area contributed by atoms with Crippen LogP contribution in [0.5, 0.6) is 0 Å². The van der Waals surface area contributed by atoms with Crippen molar-refractivity contribution in [1.29, 1.82) is 0 Å². The minimum absolute atomic E-state index is 0.277. The second kappa shape index (κ2) is 4.94. The van der Waals surface area contributed by atoms with Crippen LogP contribution in [0.1, 0.15) is 27.7 Å². The van der Waals surface area contributed by atoms with Crippen LogP contribution in [0.15, 0.2) is 0 Å². The molecule has 1 N–H and O–H groups in total. The first-order valence-electron chi connectivity index (χ1n) is 3.70. The lowest BCUT2D eigenvalue weighted by Crippen LogP contribution is -2.06. The molecule has 1 atom stereocenters. The van der Waals surface area contributed by atoms with Crippen LogP contribution >= 0.6 is 7.82 Å². The number of hydrogen-bond acceptors (Lipinski definition) is 4. The highest BCUT2D eigenvalue weighted by atomic mass is 31.2. The molecule has 0 fully saturated rings. The topological polar surface area (TPSA) is 65.0 Å². The average molecular weight is 198 g/mol. The van der Waals surface area contributed by atoms with Gasteiger partial charge in [-0.15, -0.1) is 4.67 Å². The summed E-state index contributed by atoms with van der Waals surface area (Å²) >= 11 is 0. The van der Waals surface area contributed by atoms with E-state index in [1.54, 1.807) is 27.7 Å². The predicted octanol–water partition coefficient (Wildman–Crippen LogP) is 1.87. The highest BCUT2D eigenvalue weighted by Crippen LogP contribution is 2.44. The zero-order valence-corrected chi connectivity index (χ0v) is 8.58. The third-order valence-corrected chi connectivity index (χ3v) is 1.64. The first kappa shape index (κ1) is 12.1. The Hall–Kier alpha value is 0.0700. The van der Waals surface area contributed by atoms with Crippen molar-refractivity contribution in [2.45, 2.75) is 39.9 Å². The average Bonchev–Trinajstić information content (AvgIpc) is 1.81. The van der Waals surface area contributed by atoms with Gasteiger partial charge in [0.25, 0.3) is 0 Å². The second-order valence-corrected chi connectivity index (χ2v) is 4.14. The van der Waals surface area contributed by atoms with Gasteiger partial charge in [-0.2, -0.15) is 0 Å². The zero-order chi connectivity index (χ0) is 9.78. The first-order valence-corrected chi connectivity index (χ1v) is 5.19. The molecule has 0 aromatic rings. The van der Waals surface area contributed by atoms with Crippen molar-refractivity contribution in [2.24, 2.45) is 0 Å². The molecular formula is C6H15O5P. The summed E-state index contributed by atoms with van der Waals surface area (Å²) in [6.45, 7) is 6.61. The van der Waals surface area contributed by atoms with Crippen LogP contribution in [-0.4, -0.2) is 17.1 Å². The maximum absolute atomic E-state index is 10.9. The Morgan fingerprint density at radius 3 is 2.00 bits per heavy atom. The number of phosphoric ester groups is 1.